The molecule has 0 aromatic carbocycles. The lowest BCUT2D eigenvalue weighted by Gasteiger charge is -2.24. The lowest BCUT2D eigenvalue weighted by Crippen LogP contribution is -2.37. The molecule has 17 heavy (non-hydrogen) atoms. The van der Waals surface area contributed by atoms with Crippen LogP contribution in [-0.4, -0.2) is 35.2 Å². The molecule has 2 atom stereocenters. The molecule has 0 aromatic rings. The minimum atomic E-state index is -1.13. The monoisotopic (exact) mass is 246 g/mol. The van der Waals surface area contributed by atoms with E-state index >= 15 is 0 Å². The molecule has 0 aliphatic rings. The van der Waals surface area contributed by atoms with Crippen molar-refractivity contribution < 1.29 is 19.4 Å². The molecule has 0 aliphatic heterocycles. The first-order chi connectivity index (χ1) is 7.67. The van der Waals surface area contributed by atoms with Crippen molar-refractivity contribution in [2.75, 3.05) is 6.54 Å². The van der Waals surface area contributed by atoms with Crippen molar-refractivity contribution in [2.45, 2.75) is 45.3 Å². The molecule has 0 rings (SSSR count). The van der Waals surface area contributed by atoms with Crippen LogP contribution in [0.3, 0.4) is 0 Å². The molecule has 0 amide bonds. The summed E-state index contributed by atoms with van der Waals surface area (Å²) < 4.78 is 5.19. The Morgan fingerprint density at radius 1 is 1.35 bits per heavy atom. The first-order valence-electron chi connectivity index (χ1n) is 5.58. The maximum absolute atomic E-state index is 11.8. The molecule has 100 valence electrons. The Morgan fingerprint density at radius 2 is 1.88 bits per heavy atom. The van der Waals surface area contributed by atoms with E-state index in [2.05, 4.69) is 0 Å². The van der Waals surface area contributed by atoms with Crippen molar-refractivity contribution in [3.8, 4) is 0 Å². The second-order valence-electron chi connectivity index (χ2n) is 4.99. The number of hydrogen-bond acceptors (Lipinski definition) is 5. The molecule has 0 saturated carbocycles. The highest BCUT2D eigenvalue weighted by atomic mass is 16.6. The van der Waals surface area contributed by atoms with E-state index in [9.17, 15) is 9.59 Å². The van der Waals surface area contributed by atoms with Gasteiger partial charge >= 0.3 is 11.9 Å². The fourth-order valence-electron chi connectivity index (χ4n) is 1.33. The first kappa shape index (κ1) is 15.9. The minimum Gasteiger partial charge on any atom is -0.480 e. The maximum Gasteiger partial charge on any atom is 0.320 e. The molecule has 0 spiro atoms. The second kappa shape index (κ2) is 6.56. The van der Waals surface area contributed by atoms with Crippen LogP contribution < -0.4 is 11.5 Å². The SMILES string of the molecule is CC(C)(C)OC(=O)C(CCN)C[C@@H](N)C(=O)O. The summed E-state index contributed by atoms with van der Waals surface area (Å²) in [5, 5.41) is 8.71. The average molecular weight is 246 g/mol. The van der Waals surface area contributed by atoms with Crippen molar-refractivity contribution in [1.82, 2.24) is 0 Å². The Bertz CT molecular complexity index is 273. The van der Waals surface area contributed by atoms with Crippen molar-refractivity contribution in [2.24, 2.45) is 17.4 Å². The Kier molecular flexibility index (Phi) is 6.12. The van der Waals surface area contributed by atoms with Gasteiger partial charge in [0, 0.05) is 0 Å². The molecule has 6 nitrogen and oxygen atoms in total. The van der Waals surface area contributed by atoms with Crippen LogP contribution in [0.15, 0.2) is 0 Å². The quantitative estimate of drug-likeness (QED) is 0.572. The number of carboxylic acids is 1. The van der Waals surface area contributed by atoms with Crippen molar-refractivity contribution in [1.29, 1.82) is 0 Å². The van der Waals surface area contributed by atoms with Crippen LogP contribution in [0.5, 0.6) is 0 Å². The standard InChI is InChI=1S/C11H22N2O4/c1-11(2,3)17-10(16)7(4-5-12)6-8(13)9(14)15/h7-8H,4-6,12-13H2,1-3H3,(H,14,15)/t7?,8-/m1/s1. The van der Waals surface area contributed by atoms with Crippen LogP contribution in [0.2, 0.25) is 0 Å². The molecule has 0 saturated heterocycles. The first-order valence-corrected chi connectivity index (χ1v) is 5.58. The number of hydrogen-bond donors (Lipinski definition) is 3. The van der Waals surface area contributed by atoms with Gasteiger partial charge in [-0.05, 0) is 40.2 Å². The number of carbonyl (C=O) groups is 2. The number of rotatable bonds is 6. The summed E-state index contributed by atoms with van der Waals surface area (Å²) in [6, 6.07) is -1.07. The Morgan fingerprint density at radius 3 is 2.24 bits per heavy atom. The van der Waals surface area contributed by atoms with Crippen LogP contribution in [0.1, 0.15) is 33.6 Å². The van der Waals surface area contributed by atoms with Gasteiger partial charge in [-0.25, -0.2) is 0 Å². The normalized spacial score (nSPS) is 15.1. The predicted molar refractivity (Wildman–Crippen MR) is 63.2 cm³/mol. The third kappa shape index (κ3) is 6.91. The van der Waals surface area contributed by atoms with Gasteiger partial charge in [0.1, 0.15) is 11.6 Å². The summed E-state index contributed by atoms with van der Waals surface area (Å²) in [5.41, 5.74) is 10.2. The summed E-state index contributed by atoms with van der Waals surface area (Å²) in [4.78, 5) is 22.4. The fourth-order valence-corrected chi connectivity index (χ4v) is 1.33. The third-order valence-electron chi connectivity index (χ3n) is 2.11. The zero-order chi connectivity index (χ0) is 13.6. The van der Waals surface area contributed by atoms with E-state index in [1.807, 2.05) is 0 Å². The van der Waals surface area contributed by atoms with Gasteiger partial charge in [0.05, 0.1) is 5.92 Å². The molecular weight excluding hydrogens is 224 g/mol. The van der Waals surface area contributed by atoms with Crippen LogP contribution in [0.4, 0.5) is 0 Å². The maximum atomic E-state index is 11.8. The summed E-state index contributed by atoms with van der Waals surface area (Å²) in [6.07, 6.45) is 0.414. The second-order valence-corrected chi connectivity index (χ2v) is 4.99. The van der Waals surface area contributed by atoms with Gasteiger partial charge in [0.2, 0.25) is 0 Å². The van der Waals surface area contributed by atoms with Crippen molar-refractivity contribution >= 4 is 11.9 Å². The van der Waals surface area contributed by atoms with Gasteiger partial charge in [0.15, 0.2) is 0 Å². The number of ether oxygens (including phenoxy) is 1. The topological polar surface area (TPSA) is 116 Å². The minimum absolute atomic E-state index is 0.0431. The molecule has 0 aliphatic carbocycles. The zero-order valence-electron chi connectivity index (χ0n) is 10.6. The van der Waals surface area contributed by atoms with Crippen LogP contribution in [-0.2, 0) is 14.3 Å². The van der Waals surface area contributed by atoms with Crippen LogP contribution in [0, 0.1) is 5.92 Å². The highest BCUT2D eigenvalue weighted by molar-refractivity contribution is 5.76. The fraction of sp³-hybridized carbons (Fsp3) is 0.818. The van der Waals surface area contributed by atoms with Gasteiger partial charge in [-0.15, -0.1) is 0 Å². The van der Waals surface area contributed by atoms with E-state index in [1.54, 1.807) is 20.8 Å². The number of esters is 1. The van der Waals surface area contributed by atoms with Gasteiger partial charge in [-0.3, -0.25) is 9.59 Å². The average Bonchev–Trinajstić information content (AvgIpc) is 2.13. The summed E-state index contributed by atoms with van der Waals surface area (Å²) in [5.74, 6) is -2.14. The lowest BCUT2D eigenvalue weighted by atomic mass is 9.96. The molecule has 5 N–H and O–H groups in total. The van der Waals surface area contributed by atoms with E-state index in [-0.39, 0.29) is 13.0 Å². The molecular formula is C11H22N2O4. The van der Waals surface area contributed by atoms with E-state index in [0.717, 1.165) is 0 Å². The molecule has 6 heteroatoms. The molecule has 0 radical (unpaired) electrons. The highest BCUT2D eigenvalue weighted by Gasteiger charge is 2.28. The molecule has 1 unspecified atom stereocenters. The van der Waals surface area contributed by atoms with E-state index in [1.165, 1.54) is 0 Å². The predicted octanol–water partition coefficient (Wildman–Crippen LogP) is 0.0951. The number of carboxylic acid groups (broad SMARTS) is 1. The smallest absolute Gasteiger partial charge is 0.320 e. The van der Waals surface area contributed by atoms with Crippen molar-refractivity contribution in [3.63, 3.8) is 0 Å². The Labute approximate surface area is 101 Å². The summed E-state index contributed by atoms with van der Waals surface area (Å²) in [6.45, 7) is 5.54. The third-order valence-corrected chi connectivity index (χ3v) is 2.11. The van der Waals surface area contributed by atoms with Gasteiger partial charge in [-0.2, -0.15) is 0 Å². The summed E-state index contributed by atoms with van der Waals surface area (Å²) >= 11 is 0. The van der Waals surface area contributed by atoms with Gasteiger partial charge in [-0.1, -0.05) is 0 Å². The van der Waals surface area contributed by atoms with Gasteiger partial charge < -0.3 is 21.3 Å². The van der Waals surface area contributed by atoms with Crippen molar-refractivity contribution in [3.05, 3.63) is 0 Å². The van der Waals surface area contributed by atoms with E-state index < -0.39 is 29.5 Å². The van der Waals surface area contributed by atoms with E-state index in [0.29, 0.717) is 6.42 Å². The lowest BCUT2D eigenvalue weighted by molar-refractivity contribution is -0.160. The Hall–Kier alpha value is -1.14. The van der Waals surface area contributed by atoms with Gasteiger partial charge in [0.25, 0.3) is 0 Å². The number of aliphatic carboxylic acids is 1. The molecule has 0 fully saturated rings. The number of nitrogens with two attached hydrogens (primary N) is 2. The summed E-state index contributed by atoms with van der Waals surface area (Å²) in [7, 11) is 0. The molecule has 0 bridgehead atoms. The Balaban J connectivity index is 4.51. The highest BCUT2D eigenvalue weighted by Crippen LogP contribution is 2.17. The molecule has 0 aromatic heterocycles. The zero-order valence-corrected chi connectivity index (χ0v) is 10.6. The number of carbonyl (C=O) groups excluding carboxylic acids is 1. The van der Waals surface area contributed by atoms with E-state index in [4.69, 9.17) is 21.3 Å². The largest absolute Gasteiger partial charge is 0.480 e. The molecule has 0 heterocycles. The van der Waals surface area contributed by atoms with Crippen LogP contribution in [0.25, 0.3) is 0 Å². The van der Waals surface area contributed by atoms with Crippen LogP contribution >= 0.6 is 0 Å².